The Labute approximate surface area is 238 Å². The van der Waals surface area contributed by atoms with Gasteiger partial charge < -0.3 is 21.7 Å². The SMILES string of the molecule is Cc1cc(N)c(C(O)(C(F)(F)F)C(F)(F)F)cc1C(c1cc(C(O)(C(F)(F)F)C(F)(F)F)c(N)cc1C)(C(F)(F)F)C(F)(F)F. The molecule has 0 aliphatic rings. The number of halogens is 18. The monoisotopic (exact) mass is 694 g/mol. The molecule has 0 saturated heterocycles. The Hall–Kier alpha value is -3.30. The van der Waals surface area contributed by atoms with Crippen LogP contribution >= 0.6 is 0 Å². The van der Waals surface area contributed by atoms with Crippen molar-refractivity contribution >= 4 is 11.4 Å². The van der Waals surface area contributed by atoms with E-state index in [1.165, 1.54) is 0 Å². The predicted octanol–water partition coefficient (Wildman–Crippen LogP) is 7.50. The van der Waals surface area contributed by atoms with Crippen LogP contribution in [0.5, 0.6) is 0 Å². The van der Waals surface area contributed by atoms with Crippen molar-refractivity contribution in [1.82, 2.24) is 0 Å². The van der Waals surface area contributed by atoms with Gasteiger partial charge in [-0.15, -0.1) is 0 Å². The quantitative estimate of drug-likeness (QED) is 0.197. The topological polar surface area (TPSA) is 92.5 Å². The Morgan fingerprint density at radius 1 is 0.400 bits per heavy atom. The minimum atomic E-state index is -7.06. The summed E-state index contributed by atoms with van der Waals surface area (Å²) in [4.78, 5) is 0. The molecule has 0 heterocycles. The molecule has 0 aliphatic heterocycles. The smallest absolute Gasteiger partial charge is 0.398 e. The van der Waals surface area contributed by atoms with Gasteiger partial charge >= 0.3 is 37.1 Å². The van der Waals surface area contributed by atoms with E-state index in [-0.39, 0.29) is 26.0 Å². The van der Waals surface area contributed by atoms with Crippen molar-refractivity contribution in [1.29, 1.82) is 0 Å². The van der Waals surface area contributed by atoms with Crippen LogP contribution < -0.4 is 11.5 Å². The minimum Gasteiger partial charge on any atom is -0.398 e. The molecule has 4 nitrogen and oxygen atoms in total. The first-order valence-electron chi connectivity index (χ1n) is 11.2. The average molecular weight is 694 g/mol. The van der Waals surface area contributed by atoms with Crippen LogP contribution in [0.25, 0.3) is 0 Å². The molecule has 2 aromatic rings. The number of rotatable bonds is 4. The molecule has 256 valence electrons. The highest BCUT2D eigenvalue weighted by Gasteiger charge is 2.77. The lowest BCUT2D eigenvalue weighted by Crippen LogP contribution is -2.57. The number of anilines is 2. The van der Waals surface area contributed by atoms with Gasteiger partial charge in [0.2, 0.25) is 5.41 Å². The van der Waals surface area contributed by atoms with E-state index in [2.05, 4.69) is 0 Å². The number of aryl methyl sites for hydroxylation is 2. The molecule has 22 heteroatoms. The summed E-state index contributed by atoms with van der Waals surface area (Å²) in [6, 6.07) is -2.81. The summed E-state index contributed by atoms with van der Waals surface area (Å²) in [6.07, 6.45) is -41.9. The van der Waals surface area contributed by atoms with Gasteiger partial charge in [-0.1, -0.05) is 0 Å². The van der Waals surface area contributed by atoms with E-state index in [0.29, 0.717) is 0 Å². The maximum atomic E-state index is 14.8. The maximum Gasteiger partial charge on any atom is 0.430 e. The van der Waals surface area contributed by atoms with Crippen molar-refractivity contribution in [2.45, 2.75) is 67.5 Å². The van der Waals surface area contributed by atoms with Crippen LogP contribution in [0.4, 0.5) is 90.4 Å². The third-order valence-corrected chi connectivity index (χ3v) is 6.87. The Morgan fingerprint density at radius 3 is 0.800 bits per heavy atom. The van der Waals surface area contributed by atoms with E-state index in [0.717, 1.165) is 0 Å². The van der Waals surface area contributed by atoms with E-state index in [4.69, 9.17) is 11.5 Å². The minimum absolute atomic E-state index is 0.219. The number of hydrogen-bond donors (Lipinski definition) is 4. The molecule has 0 atom stereocenters. The Balaban J connectivity index is 3.43. The fourth-order valence-corrected chi connectivity index (χ4v) is 4.74. The van der Waals surface area contributed by atoms with Crippen LogP contribution in [-0.2, 0) is 16.6 Å². The molecule has 6 N–H and O–H groups in total. The van der Waals surface area contributed by atoms with Crippen molar-refractivity contribution in [2.24, 2.45) is 0 Å². The number of nitrogen functional groups attached to an aromatic ring is 2. The van der Waals surface area contributed by atoms with Gasteiger partial charge in [0.25, 0.3) is 11.2 Å². The van der Waals surface area contributed by atoms with Crippen LogP contribution in [-0.4, -0.2) is 47.3 Å². The molecule has 45 heavy (non-hydrogen) atoms. The lowest BCUT2D eigenvalue weighted by atomic mass is 9.67. The zero-order chi connectivity index (χ0) is 35.9. The lowest BCUT2D eigenvalue weighted by Gasteiger charge is -2.42. The van der Waals surface area contributed by atoms with E-state index in [1.807, 2.05) is 0 Å². The number of aliphatic hydroxyl groups is 2. The first kappa shape index (κ1) is 37.9. The van der Waals surface area contributed by atoms with Crippen LogP contribution in [0, 0.1) is 13.8 Å². The largest absolute Gasteiger partial charge is 0.430 e. The molecule has 0 unspecified atom stereocenters. The third-order valence-electron chi connectivity index (χ3n) is 6.87. The summed E-state index contributed by atoms with van der Waals surface area (Å²) in [5.41, 5.74) is -26.3. The lowest BCUT2D eigenvalue weighted by molar-refractivity contribution is -0.376. The predicted molar refractivity (Wildman–Crippen MR) is 116 cm³/mol. The van der Waals surface area contributed by atoms with Crippen molar-refractivity contribution in [3.63, 3.8) is 0 Å². The highest BCUT2D eigenvalue weighted by atomic mass is 19.4. The van der Waals surface area contributed by atoms with E-state index in [1.54, 1.807) is 0 Å². The zero-order valence-corrected chi connectivity index (χ0v) is 21.7. The van der Waals surface area contributed by atoms with Gasteiger partial charge in [0.05, 0.1) is 0 Å². The summed E-state index contributed by atoms with van der Waals surface area (Å²) < 4.78 is 252. The van der Waals surface area contributed by atoms with Gasteiger partial charge in [-0.2, -0.15) is 79.0 Å². The average Bonchev–Trinajstić information content (AvgIpc) is 2.76. The van der Waals surface area contributed by atoms with Crippen LogP contribution in [0.3, 0.4) is 0 Å². The van der Waals surface area contributed by atoms with E-state index in [9.17, 15) is 89.2 Å². The summed E-state index contributed by atoms with van der Waals surface area (Å²) >= 11 is 0. The number of alkyl halides is 18. The molecule has 2 rings (SSSR count). The normalized spacial score (nSPS) is 15.1. The van der Waals surface area contributed by atoms with Gasteiger partial charge in [0.1, 0.15) is 0 Å². The Morgan fingerprint density at radius 2 is 0.622 bits per heavy atom. The standard InChI is InChI=1S/C23H16F18N2O2/c1-7-3-13(42)11(16(44,20(30,31)32)21(33,34)35)5-9(7)15(18(24,25)26,19(27,28)29)10-6-12(14(43)4-8(10)2)17(45,22(36,37)38)23(39,40)41/h3-6,44-45H,42-43H2,1-2H3. The second kappa shape index (κ2) is 10.4. The van der Waals surface area contributed by atoms with Crippen LogP contribution in [0.1, 0.15) is 33.4 Å². The molecule has 0 aromatic heterocycles. The summed E-state index contributed by atoms with van der Waals surface area (Å²) in [5, 5.41) is 19.4. The summed E-state index contributed by atoms with van der Waals surface area (Å²) in [6.45, 7) is 0.439. The highest BCUT2D eigenvalue weighted by Crippen LogP contribution is 2.61. The molecular formula is C23H16F18N2O2. The molecule has 0 aliphatic carbocycles. The van der Waals surface area contributed by atoms with Crippen molar-refractivity contribution in [3.8, 4) is 0 Å². The summed E-state index contributed by atoms with van der Waals surface area (Å²) in [5.74, 6) is 0. The first-order chi connectivity index (χ1) is 19.6. The van der Waals surface area contributed by atoms with Crippen molar-refractivity contribution in [2.75, 3.05) is 11.5 Å². The third kappa shape index (κ3) is 5.35. The molecule has 0 radical (unpaired) electrons. The molecule has 0 spiro atoms. The van der Waals surface area contributed by atoms with E-state index < -0.39 is 111 Å². The molecule has 2 aromatic carbocycles. The summed E-state index contributed by atoms with van der Waals surface area (Å²) in [7, 11) is 0. The number of benzene rings is 2. The Bertz CT molecular complexity index is 1310. The van der Waals surface area contributed by atoms with Crippen molar-refractivity contribution in [3.05, 3.63) is 57.6 Å². The molecule has 0 bridgehead atoms. The zero-order valence-electron chi connectivity index (χ0n) is 21.7. The van der Waals surface area contributed by atoms with Gasteiger partial charge in [-0.3, -0.25) is 0 Å². The van der Waals surface area contributed by atoms with Gasteiger partial charge in [0, 0.05) is 22.5 Å². The maximum absolute atomic E-state index is 14.8. The van der Waals surface area contributed by atoms with Crippen molar-refractivity contribution < 1.29 is 89.2 Å². The van der Waals surface area contributed by atoms with Crippen LogP contribution in [0.2, 0.25) is 0 Å². The number of hydrogen-bond acceptors (Lipinski definition) is 4. The molecule has 0 saturated carbocycles. The molecule has 0 amide bonds. The van der Waals surface area contributed by atoms with E-state index >= 15 is 0 Å². The molecular weight excluding hydrogens is 678 g/mol. The second-order valence-corrected chi connectivity index (χ2v) is 9.67. The second-order valence-electron chi connectivity index (χ2n) is 9.67. The van der Waals surface area contributed by atoms with Gasteiger partial charge in [-0.25, -0.2) is 0 Å². The Kier molecular flexibility index (Phi) is 8.72. The number of nitrogens with two attached hydrogens (primary N) is 2. The first-order valence-corrected chi connectivity index (χ1v) is 11.2. The van der Waals surface area contributed by atoms with Gasteiger partial charge in [-0.05, 0) is 60.4 Å². The fourth-order valence-electron chi connectivity index (χ4n) is 4.74. The molecule has 0 fully saturated rings. The highest BCUT2D eigenvalue weighted by molar-refractivity contribution is 5.64. The fraction of sp³-hybridized carbons (Fsp3) is 0.478. The van der Waals surface area contributed by atoms with Gasteiger partial charge in [0.15, 0.2) is 0 Å². The van der Waals surface area contributed by atoms with Crippen LogP contribution in [0.15, 0.2) is 24.3 Å².